The van der Waals surface area contributed by atoms with Crippen molar-refractivity contribution in [2.45, 2.75) is 20.5 Å². The van der Waals surface area contributed by atoms with Gasteiger partial charge in [0.25, 0.3) is 0 Å². The van der Waals surface area contributed by atoms with Crippen molar-refractivity contribution < 1.29 is 9.53 Å². The van der Waals surface area contributed by atoms with Gasteiger partial charge in [-0.1, -0.05) is 83.6 Å². The van der Waals surface area contributed by atoms with E-state index >= 15 is 0 Å². The molecule has 0 aliphatic heterocycles. The molecule has 4 heteroatoms. The average molecular weight is 376 g/mol. The highest BCUT2D eigenvalue weighted by molar-refractivity contribution is 9.11. The fraction of sp³-hybridized carbons (Fsp3) is 0.316. The van der Waals surface area contributed by atoms with Crippen LogP contribution in [0.25, 0.3) is 0 Å². The Bertz CT molecular complexity index is 651. The Morgan fingerprint density at radius 3 is 2.52 bits per heavy atom. The van der Waals surface area contributed by atoms with Crippen LogP contribution in [0.5, 0.6) is 0 Å². The second-order valence-corrected chi connectivity index (χ2v) is 7.17. The number of carbonyl (C=O) groups excluding carboxylic acids is 1. The third-order valence-corrected chi connectivity index (χ3v) is 4.45. The lowest BCUT2D eigenvalue weighted by molar-refractivity contribution is -0.151. The highest BCUT2D eigenvalue weighted by atomic mass is 79.9. The normalized spacial score (nSPS) is 29.8. The number of esters is 1. The molecular weight excluding hydrogens is 354 g/mol. The molecule has 23 heavy (non-hydrogen) atoms. The molecule has 0 saturated heterocycles. The molecule has 2 atom stereocenters. The number of allylic oxidation sites excluding steroid dienone is 2. The Morgan fingerprint density at radius 1 is 1.17 bits per heavy atom. The van der Waals surface area contributed by atoms with Gasteiger partial charge in [-0.05, 0) is 12.5 Å². The number of benzene rings is 1. The molecule has 0 spiro atoms. The molecule has 1 aromatic carbocycles. The predicted molar refractivity (Wildman–Crippen MR) is 96.8 cm³/mol. The molecular formula is C19H22BrNO2. The summed E-state index contributed by atoms with van der Waals surface area (Å²) in [6, 6.07) is 9.66. The van der Waals surface area contributed by atoms with Gasteiger partial charge in [-0.2, -0.15) is 0 Å². The Balaban J connectivity index is 2.17. The molecule has 1 aliphatic carbocycles. The zero-order chi connectivity index (χ0) is 16.9. The van der Waals surface area contributed by atoms with Gasteiger partial charge in [-0.3, -0.25) is 4.79 Å². The molecule has 122 valence electrons. The number of rotatable bonds is 4. The zero-order valence-corrected chi connectivity index (χ0v) is 15.0. The van der Waals surface area contributed by atoms with Gasteiger partial charge in [-0.25, -0.2) is 0 Å². The van der Waals surface area contributed by atoms with Crippen LogP contribution in [0.4, 0.5) is 0 Å². The maximum atomic E-state index is 12.6. The van der Waals surface area contributed by atoms with E-state index < -0.39 is 5.41 Å². The minimum atomic E-state index is -0.821. The topological polar surface area (TPSA) is 52.3 Å². The Morgan fingerprint density at radius 2 is 1.87 bits per heavy atom. The molecule has 1 aliphatic rings. The first-order chi connectivity index (χ1) is 10.9. The second kappa shape index (κ2) is 7.28. The van der Waals surface area contributed by atoms with Gasteiger partial charge in [0, 0.05) is 16.4 Å². The summed E-state index contributed by atoms with van der Waals surface area (Å²) in [6.07, 6.45) is 9.60. The molecule has 0 saturated carbocycles. The number of ether oxygens (including phenoxy) is 1. The van der Waals surface area contributed by atoms with Crippen molar-refractivity contribution in [2.24, 2.45) is 16.6 Å². The van der Waals surface area contributed by atoms with Gasteiger partial charge in [0.15, 0.2) is 0 Å². The number of hydrogen-bond donors (Lipinski definition) is 1. The molecule has 0 bridgehead atoms. The monoisotopic (exact) mass is 375 g/mol. The third kappa shape index (κ3) is 4.66. The van der Waals surface area contributed by atoms with Crippen molar-refractivity contribution in [1.29, 1.82) is 0 Å². The van der Waals surface area contributed by atoms with E-state index in [0.717, 1.165) is 10.0 Å². The van der Waals surface area contributed by atoms with Gasteiger partial charge in [0.2, 0.25) is 0 Å². The maximum absolute atomic E-state index is 12.6. The molecule has 0 aromatic heterocycles. The van der Waals surface area contributed by atoms with Crippen molar-refractivity contribution in [2.75, 3.05) is 6.54 Å². The number of halogens is 1. The van der Waals surface area contributed by atoms with Gasteiger partial charge in [0.05, 0.1) is 0 Å². The first-order valence-corrected chi connectivity index (χ1v) is 8.35. The SMILES string of the molecule is CC1(CN)C=C(Br)/C=C\C(C)(C(=O)OCc2ccccc2)/C=C\1. The summed E-state index contributed by atoms with van der Waals surface area (Å²) >= 11 is 3.50. The summed E-state index contributed by atoms with van der Waals surface area (Å²) < 4.78 is 6.40. The van der Waals surface area contributed by atoms with E-state index in [1.165, 1.54) is 0 Å². The predicted octanol–water partition coefficient (Wildman–Crippen LogP) is 4.11. The molecule has 0 fully saturated rings. The van der Waals surface area contributed by atoms with Crippen molar-refractivity contribution in [3.63, 3.8) is 0 Å². The summed E-state index contributed by atoms with van der Waals surface area (Å²) in [5.74, 6) is -0.282. The Kier molecular flexibility index (Phi) is 5.60. The van der Waals surface area contributed by atoms with Crippen molar-refractivity contribution in [1.82, 2.24) is 0 Å². The molecule has 2 unspecified atom stereocenters. The van der Waals surface area contributed by atoms with Crippen LogP contribution in [0.15, 0.2) is 65.2 Å². The molecule has 3 nitrogen and oxygen atoms in total. The Labute approximate surface area is 146 Å². The van der Waals surface area contributed by atoms with E-state index in [1.807, 2.05) is 74.6 Å². The van der Waals surface area contributed by atoms with Gasteiger partial charge < -0.3 is 10.5 Å². The summed E-state index contributed by atoms with van der Waals surface area (Å²) in [7, 11) is 0. The van der Waals surface area contributed by atoms with Crippen LogP contribution >= 0.6 is 15.9 Å². The van der Waals surface area contributed by atoms with Crippen LogP contribution in [0.3, 0.4) is 0 Å². The first kappa shape index (κ1) is 17.7. The fourth-order valence-corrected chi connectivity index (χ4v) is 2.88. The van der Waals surface area contributed by atoms with Gasteiger partial charge in [0.1, 0.15) is 12.0 Å². The van der Waals surface area contributed by atoms with E-state index in [2.05, 4.69) is 15.9 Å². The number of carbonyl (C=O) groups is 1. The second-order valence-electron chi connectivity index (χ2n) is 6.25. The van der Waals surface area contributed by atoms with E-state index in [9.17, 15) is 4.79 Å². The summed E-state index contributed by atoms with van der Waals surface area (Å²) in [4.78, 5) is 12.6. The van der Waals surface area contributed by atoms with Crippen molar-refractivity contribution in [3.8, 4) is 0 Å². The lowest BCUT2D eigenvalue weighted by Gasteiger charge is -2.26. The fourth-order valence-electron chi connectivity index (χ4n) is 2.22. The highest BCUT2D eigenvalue weighted by Crippen LogP contribution is 2.32. The van der Waals surface area contributed by atoms with Gasteiger partial charge in [-0.15, -0.1) is 0 Å². The minimum Gasteiger partial charge on any atom is -0.460 e. The standard InChI is InChI=1S/C19H22BrNO2/c1-18(14-21)10-11-19(2,9-8-16(20)12-18)17(22)23-13-15-6-4-3-5-7-15/h3-12H,13-14,21H2,1-2H3/b9-8-,11-10-,16-12?. The zero-order valence-electron chi connectivity index (χ0n) is 13.5. The molecule has 2 N–H and O–H groups in total. The Hall–Kier alpha value is -1.65. The van der Waals surface area contributed by atoms with E-state index in [4.69, 9.17) is 10.5 Å². The van der Waals surface area contributed by atoms with E-state index in [0.29, 0.717) is 6.54 Å². The molecule has 2 rings (SSSR count). The summed E-state index contributed by atoms with van der Waals surface area (Å²) in [6.45, 7) is 4.60. The quantitative estimate of drug-likeness (QED) is 0.636. The molecule has 0 heterocycles. The minimum absolute atomic E-state index is 0.266. The van der Waals surface area contributed by atoms with E-state index in [-0.39, 0.29) is 18.0 Å². The van der Waals surface area contributed by atoms with Crippen molar-refractivity contribution in [3.05, 3.63) is 70.8 Å². The summed E-state index contributed by atoms with van der Waals surface area (Å²) in [5, 5.41) is 0. The average Bonchev–Trinajstić information content (AvgIpc) is 2.56. The lowest BCUT2D eigenvalue weighted by atomic mass is 9.81. The van der Waals surface area contributed by atoms with Crippen LogP contribution < -0.4 is 5.73 Å². The first-order valence-electron chi connectivity index (χ1n) is 7.56. The van der Waals surface area contributed by atoms with Crippen LogP contribution in [0.2, 0.25) is 0 Å². The number of hydrogen-bond acceptors (Lipinski definition) is 3. The van der Waals surface area contributed by atoms with Crippen LogP contribution in [-0.4, -0.2) is 12.5 Å². The molecule has 0 radical (unpaired) electrons. The highest BCUT2D eigenvalue weighted by Gasteiger charge is 2.32. The van der Waals surface area contributed by atoms with E-state index in [1.54, 1.807) is 0 Å². The van der Waals surface area contributed by atoms with Crippen LogP contribution in [-0.2, 0) is 16.1 Å². The smallest absolute Gasteiger partial charge is 0.319 e. The van der Waals surface area contributed by atoms with Crippen molar-refractivity contribution >= 4 is 21.9 Å². The maximum Gasteiger partial charge on any atom is 0.319 e. The lowest BCUT2D eigenvalue weighted by Crippen LogP contribution is -2.29. The van der Waals surface area contributed by atoms with Crippen LogP contribution in [0.1, 0.15) is 19.4 Å². The summed E-state index contributed by atoms with van der Waals surface area (Å²) in [5.41, 5.74) is 5.71. The third-order valence-electron chi connectivity index (χ3n) is 3.96. The van der Waals surface area contributed by atoms with Gasteiger partial charge >= 0.3 is 5.97 Å². The molecule has 1 aromatic rings. The largest absolute Gasteiger partial charge is 0.460 e. The van der Waals surface area contributed by atoms with Crippen LogP contribution in [0, 0.1) is 10.8 Å². The number of nitrogens with two attached hydrogens (primary N) is 1. The molecule has 0 amide bonds.